The Morgan fingerprint density at radius 1 is 1.14 bits per heavy atom. The van der Waals surface area contributed by atoms with Gasteiger partial charge < -0.3 is 10.4 Å². The minimum Gasteiger partial charge on any atom is -0.478 e. The molecular formula is C24H28N2O3. The van der Waals surface area contributed by atoms with Crippen LogP contribution < -0.4 is 5.32 Å². The van der Waals surface area contributed by atoms with E-state index in [0.717, 1.165) is 50.8 Å². The van der Waals surface area contributed by atoms with Crippen molar-refractivity contribution in [3.63, 3.8) is 0 Å². The molecule has 4 rings (SSSR count). The Bertz CT molecular complexity index is 903. The molecule has 2 aliphatic rings. The van der Waals surface area contributed by atoms with Crippen LogP contribution in [-0.2, 0) is 16.9 Å². The van der Waals surface area contributed by atoms with E-state index in [0.29, 0.717) is 0 Å². The number of nitrogens with zero attached hydrogens (tertiary/aromatic N) is 1. The van der Waals surface area contributed by atoms with E-state index in [-0.39, 0.29) is 23.1 Å². The first-order chi connectivity index (χ1) is 14.0. The van der Waals surface area contributed by atoms with Gasteiger partial charge in [-0.3, -0.25) is 9.69 Å². The Balaban J connectivity index is 1.46. The van der Waals surface area contributed by atoms with Gasteiger partial charge in [-0.1, -0.05) is 48.4 Å². The fourth-order valence-electron chi connectivity index (χ4n) is 4.38. The summed E-state index contributed by atoms with van der Waals surface area (Å²) in [5.74, 6) is -0.836. The molecule has 0 bridgehead atoms. The molecule has 1 aliphatic carbocycles. The van der Waals surface area contributed by atoms with E-state index >= 15 is 0 Å². The van der Waals surface area contributed by atoms with Gasteiger partial charge in [0.25, 0.3) is 0 Å². The number of aryl methyl sites for hydroxylation is 1. The molecule has 152 valence electrons. The van der Waals surface area contributed by atoms with Gasteiger partial charge in [0.05, 0.1) is 17.1 Å². The van der Waals surface area contributed by atoms with Crippen molar-refractivity contribution < 1.29 is 14.7 Å². The number of aromatic carboxylic acids is 1. The van der Waals surface area contributed by atoms with Crippen LogP contribution in [0.4, 0.5) is 0 Å². The Morgan fingerprint density at radius 2 is 1.90 bits per heavy atom. The highest BCUT2D eigenvalue weighted by Gasteiger charge is 2.47. The van der Waals surface area contributed by atoms with E-state index in [4.69, 9.17) is 5.11 Å². The summed E-state index contributed by atoms with van der Waals surface area (Å²) in [7, 11) is 0. The van der Waals surface area contributed by atoms with Crippen molar-refractivity contribution in [3.05, 3.63) is 70.8 Å². The number of likely N-dealkylation sites (tertiary alicyclic amines) is 1. The molecule has 0 aromatic heterocycles. The average Bonchev–Trinajstić information content (AvgIpc) is 3.49. The quantitative estimate of drug-likeness (QED) is 0.783. The summed E-state index contributed by atoms with van der Waals surface area (Å²) in [5.41, 5.74) is 3.42. The molecule has 1 heterocycles. The summed E-state index contributed by atoms with van der Waals surface area (Å²) in [5, 5.41) is 12.4. The second-order valence-electron chi connectivity index (χ2n) is 8.42. The zero-order valence-electron chi connectivity index (χ0n) is 16.9. The van der Waals surface area contributed by atoms with Crippen LogP contribution in [0.25, 0.3) is 0 Å². The monoisotopic (exact) mass is 392 g/mol. The van der Waals surface area contributed by atoms with Crippen LogP contribution in [0.5, 0.6) is 0 Å². The summed E-state index contributed by atoms with van der Waals surface area (Å²) >= 11 is 0. The number of amides is 1. The standard InChI is InChI=1S/C24H28N2O3/c1-17-5-4-6-18(15-17)16-26-14-3-2-7-21(26)22(27)25-24(12-13-24)20-10-8-19(9-11-20)23(28)29/h4-6,8-11,15,21H,2-3,7,12-14,16H2,1H3,(H,25,27)(H,28,29). The van der Waals surface area contributed by atoms with Gasteiger partial charge in [0.1, 0.15) is 0 Å². The van der Waals surface area contributed by atoms with Crippen molar-refractivity contribution in [2.45, 2.75) is 57.2 Å². The van der Waals surface area contributed by atoms with Crippen molar-refractivity contribution in [1.29, 1.82) is 0 Å². The number of piperidine rings is 1. The Hall–Kier alpha value is -2.66. The first kappa shape index (κ1) is 19.6. The molecule has 1 saturated carbocycles. The van der Waals surface area contributed by atoms with Gasteiger partial charge in [-0.05, 0) is 62.4 Å². The number of rotatable bonds is 6. The lowest BCUT2D eigenvalue weighted by atomic mass is 9.98. The largest absolute Gasteiger partial charge is 0.478 e. The lowest BCUT2D eigenvalue weighted by molar-refractivity contribution is -0.129. The van der Waals surface area contributed by atoms with E-state index in [9.17, 15) is 9.59 Å². The van der Waals surface area contributed by atoms with Crippen molar-refractivity contribution in [1.82, 2.24) is 10.2 Å². The van der Waals surface area contributed by atoms with Gasteiger partial charge >= 0.3 is 5.97 Å². The molecule has 0 radical (unpaired) electrons. The van der Waals surface area contributed by atoms with E-state index < -0.39 is 5.97 Å². The van der Waals surface area contributed by atoms with Crippen LogP contribution in [0.3, 0.4) is 0 Å². The van der Waals surface area contributed by atoms with E-state index in [1.165, 1.54) is 11.1 Å². The van der Waals surface area contributed by atoms with Gasteiger partial charge in [0.15, 0.2) is 0 Å². The highest BCUT2D eigenvalue weighted by atomic mass is 16.4. The zero-order chi connectivity index (χ0) is 20.4. The highest BCUT2D eigenvalue weighted by Crippen LogP contribution is 2.45. The lowest BCUT2D eigenvalue weighted by Gasteiger charge is -2.36. The first-order valence-electron chi connectivity index (χ1n) is 10.4. The Morgan fingerprint density at radius 3 is 2.55 bits per heavy atom. The van der Waals surface area contributed by atoms with Crippen LogP contribution in [0.2, 0.25) is 0 Å². The molecule has 1 saturated heterocycles. The van der Waals surface area contributed by atoms with Crippen molar-refractivity contribution in [3.8, 4) is 0 Å². The summed E-state index contributed by atoms with van der Waals surface area (Å²) in [4.78, 5) is 26.6. The summed E-state index contributed by atoms with van der Waals surface area (Å²) < 4.78 is 0. The Labute approximate surface area is 171 Å². The number of hydrogen-bond acceptors (Lipinski definition) is 3. The minimum atomic E-state index is -0.931. The molecule has 5 nitrogen and oxygen atoms in total. The Kier molecular flexibility index (Phi) is 5.41. The fraction of sp³-hybridized carbons (Fsp3) is 0.417. The number of carboxylic acids is 1. The summed E-state index contributed by atoms with van der Waals surface area (Å²) in [6, 6.07) is 15.3. The van der Waals surface area contributed by atoms with Crippen molar-refractivity contribution in [2.75, 3.05) is 6.54 Å². The van der Waals surface area contributed by atoms with Gasteiger partial charge in [-0.25, -0.2) is 4.79 Å². The molecular weight excluding hydrogens is 364 g/mol. The highest BCUT2D eigenvalue weighted by molar-refractivity contribution is 5.87. The topological polar surface area (TPSA) is 69.6 Å². The molecule has 29 heavy (non-hydrogen) atoms. The smallest absolute Gasteiger partial charge is 0.335 e. The molecule has 1 amide bonds. The molecule has 2 aromatic carbocycles. The first-order valence-corrected chi connectivity index (χ1v) is 10.4. The predicted octanol–water partition coefficient (Wildman–Crippen LogP) is 3.85. The minimum absolute atomic E-state index is 0.0946. The van der Waals surface area contributed by atoms with Gasteiger partial charge in [0, 0.05) is 6.54 Å². The second kappa shape index (κ2) is 7.99. The van der Waals surface area contributed by atoms with Crippen LogP contribution in [0.1, 0.15) is 59.2 Å². The van der Waals surface area contributed by atoms with Crippen molar-refractivity contribution >= 4 is 11.9 Å². The number of nitrogens with one attached hydrogen (secondary N) is 1. The molecule has 2 fully saturated rings. The maximum absolute atomic E-state index is 13.2. The van der Waals surface area contributed by atoms with Crippen LogP contribution in [-0.4, -0.2) is 34.5 Å². The fourth-order valence-corrected chi connectivity index (χ4v) is 4.38. The number of hydrogen-bond donors (Lipinski definition) is 2. The third kappa shape index (κ3) is 4.35. The third-order valence-electron chi connectivity index (χ3n) is 6.18. The maximum atomic E-state index is 13.2. The van der Waals surface area contributed by atoms with Crippen LogP contribution in [0, 0.1) is 6.92 Å². The van der Waals surface area contributed by atoms with Gasteiger partial charge in [-0.15, -0.1) is 0 Å². The van der Waals surface area contributed by atoms with Gasteiger partial charge in [-0.2, -0.15) is 0 Å². The van der Waals surface area contributed by atoms with E-state index in [1.807, 2.05) is 12.1 Å². The number of carbonyl (C=O) groups is 2. The molecule has 0 spiro atoms. The third-order valence-corrected chi connectivity index (χ3v) is 6.18. The molecule has 2 N–H and O–H groups in total. The summed E-state index contributed by atoms with van der Waals surface area (Å²) in [6.45, 7) is 3.82. The SMILES string of the molecule is Cc1cccc(CN2CCCCC2C(=O)NC2(c3ccc(C(=O)O)cc3)CC2)c1. The molecule has 5 heteroatoms. The zero-order valence-corrected chi connectivity index (χ0v) is 16.9. The predicted molar refractivity (Wildman–Crippen MR) is 112 cm³/mol. The van der Waals surface area contributed by atoms with Gasteiger partial charge in [0.2, 0.25) is 5.91 Å². The average molecular weight is 392 g/mol. The normalized spacial score (nSPS) is 20.8. The lowest BCUT2D eigenvalue weighted by Crippen LogP contribution is -2.51. The molecule has 1 atom stereocenters. The van der Waals surface area contributed by atoms with Crippen LogP contribution in [0.15, 0.2) is 48.5 Å². The molecule has 2 aromatic rings. The maximum Gasteiger partial charge on any atom is 0.335 e. The molecule has 1 unspecified atom stereocenters. The van der Waals surface area contributed by atoms with Crippen LogP contribution >= 0.6 is 0 Å². The van der Waals surface area contributed by atoms with E-state index in [2.05, 4.69) is 41.4 Å². The number of carbonyl (C=O) groups excluding carboxylic acids is 1. The number of benzene rings is 2. The van der Waals surface area contributed by atoms with Crippen molar-refractivity contribution in [2.24, 2.45) is 0 Å². The summed E-state index contributed by atoms with van der Waals surface area (Å²) in [6.07, 6.45) is 4.87. The molecule has 1 aliphatic heterocycles. The number of carboxylic acid groups (broad SMARTS) is 1. The van der Waals surface area contributed by atoms with E-state index in [1.54, 1.807) is 12.1 Å². The second-order valence-corrected chi connectivity index (χ2v) is 8.42.